The molecule has 2 N–H and O–H groups in total. The predicted molar refractivity (Wildman–Crippen MR) is 80.7 cm³/mol. The Bertz CT molecular complexity index is 585. The Kier molecular flexibility index (Phi) is 4.30. The van der Waals surface area contributed by atoms with Crippen LogP contribution in [0.4, 0.5) is 11.4 Å². The second kappa shape index (κ2) is 6.14. The van der Waals surface area contributed by atoms with Crippen LogP contribution in [0.3, 0.4) is 0 Å². The lowest BCUT2D eigenvalue weighted by molar-refractivity contribution is 0.323. The minimum absolute atomic E-state index is 0.397. The van der Waals surface area contributed by atoms with E-state index in [0.29, 0.717) is 24.1 Å². The summed E-state index contributed by atoms with van der Waals surface area (Å²) in [4.78, 5) is 6.26. The van der Waals surface area contributed by atoms with Crippen LogP contribution >= 0.6 is 0 Å². The minimum Gasteiger partial charge on any atom is -0.476 e. The summed E-state index contributed by atoms with van der Waals surface area (Å²) >= 11 is 0. The molecule has 0 radical (unpaired) electrons. The molecule has 0 bridgehead atoms. The van der Waals surface area contributed by atoms with Crippen LogP contribution in [0.5, 0.6) is 17.5 Å². The van der Waals surface area contributed by atoms with Crippen LogP contribution in [0, 0.1) is 0 Å². The highest BCUT2D eigenvalue weighted by molar-refractivity contribution is 5.52. The molecule has 0 fully saturated rings. The maximum Gasteiger partial charge on any atom is 0.240 e. The fraction of sp³-hybridized carbons (Fsp3) is 0.267. The van der Waals surface area contributed by atoms with Crippen molar-refractivity contribution in [3.8, 4) is 17.5 Å². The second-order valence-corrected chi connectivity index (χ2v) is 4.47. The number of nitrogens with two attached hydrogens (primary N) is 1. The van der Waals surface area contributed by atoms with E-state index >= 15 is 0 Å². The van der Waals surface area contributed by atoms with Gasteiger partial charge in [-0.3, -0.25) is 0 Å². The van der Waals surface area contributed by atoms with Gasteiger partial charge in [0.2, 0.25) is 11.8 Å². The molecule has 1 aromatic heterocycles. The molecule has 5 heteroatoms. The Morgan fingerprint density at radius 1 is 1.20 bits per heavy atom. The third kappa shape index (κ3) is 3.32. The number of nitrogens with zero attached hydrogens (tertiary/aromatic N) is 2. The summed E-state index contributed by atoms with van der Waals surface area (Å²) in [7, 11) is 3.96. The number of rotatable bonds is 5. The van der Waals surface area contributed by atoms with Crippen molar-refractivity contribution >= 4 is 11.4 Å². The highest BCUT2D eigenvalue weighted by Gasteiger charge is 2.06. The normalized spacial score (nSPS) is 10.2. The van der Waals surface area contributed by atoms with E-state index in [-0.39, 0.29) is 0 Å². The van der Waals surface area contributed by atoms with Gasteiger partial charge in [-0.1, -0.05) is 6.07 Å². The number of benzene rings is 1. The molecule has 0 aliphatic rings. The Morgan fingerprint density at radius 2 is 2.00 bits per heavy atom. The lowest BCUT2D eigenvalue weighted by Crippen LogP contribution is -2.08. The molecule has 0 spiro atoms. The van der Waals surface area contributed by atoms with Crippen LogP contribution in [0.15, 0.2) is 36.4 Å². The van der Waals surface area contributed by atoms with Gasteiger partial charge in [-0.2, -0.15) is 4.98 Å². The zero-order valence-electron chi connectivity index (χ0n) is 12.0. The third-order valence-corrected chi connectivity index (χ3v) is 2.70. The first-order chi connectivity index (χ1) is 9.60. The van der Waals surface area contributed by atoms with Gasteiger partial charge in [0.05, 0.1) is 12.3 Å². The Labute approximate surface area is 118 Å². The summed E-state index contributed by atoms with van der Waals surface area (Å²) in [5.74, 6) is 1.57. The van der Waals surface area contributed by atoms with Gasteiger partial charge < -0.3 is 20.1 Å². The largest absolute Gasteiger partial charge is 0.476 e. The monoisotopic (exact) mass is 273 g/mol. The molecule has 0 saturated carbocycles. The molecule has 1 heterocycles. The van der Waals surface area contributed by atoms with Crippen molar-refractivity contribution in [1.82, 2.24) is 4.98 Å². The molecule has 0 unspecified atom stereocenters. The van der Waals surface area contributed by atoms with Gasteiger partial charge in [-0.05, 0) is 25.1 Å². The Morgan fingerprint density at radius 3 is 2.70 bits per heavy atom. The second-order valence-electron chi connectivity index (χ2n) is 4.47. The molecular weight excluding hydrogens is 254 g/mol. The van der Waals surface area contributed by atoms with Crippen LogP contribution in [-0.4, -0.2) is 25.7 Å². The Balaban J connectivity index is 2.21. The van der Waals surface area contributed by atoms with E-state index < -0.39 is 0 Å². The first-order valence-electron chi connectivity index (χ1n) is 6.44. The van der Waals surface area contributed by atoms with Crippen molar-refractivity contribution in [1.29, 1.82) is 0 Å². The maximum absolute atomic E-state index is 5.78. The van der Waals surface area contributed by atoms with Gasteiger partial charge in [0.15, 0.2) is 0 Å². The minimum atomic E-state index is 0.397. The summed E-state index contributed by atoms with van der Waals surface area (Å²) in [6, 6.07) is 11.2. The summed E-state index contributed by atoms with van der Waals surface area (Å²) < 4.78 is 11.1. The number of aromatic nitrogens is 1. The number of hydrogen-bond donors (Lipinski definition) is 1. The Hall–Kier alpha value is -2.43. The molecular formula is C15H19N3O2. The van der Waals surface area contributed by atoms with Crippen molar-refractivity contribution < 1.29 is 9.47 Å². The van der Waals surface area contributed by atoms with E-state index in [1.165, 1.54) is 0 Å². The van der Waals surface area contributed by atoms with E-state index in [0.717, 1.165) is 11.4 Å². The fourth-order valence-corrected chi connectivity index (χ4v) is 1.69. The molecule has 2 aromatic rings. The number of anilines is 2. The molecule has 0 atom stereocenters. The van der Waals surface area contributed by atoms with Gasteiger partial charge >= 0.3 is 0 Å². The molecule has 20 heavy (non-hydrogen) atoms. The van der Waals surface area contributed by atoms with Crippen molar-refractivity contribution in [3.05, 3.63) is 36.4 Å². The number of nitrogen functional groups attached to an aromatic ring is 1. The zero-order valence-corrected chi connectivity index (χ0v) is 12.0. The SMILES string of the molecule is CCOc1nc(Oc2cccc(N(C)C)c2)ccc1N. The van der Waals surface area contributed by atoms with E-state index in [2.05, 4.69) is 4.98 Å². The van der Waals surface area contributed by atoms with Crippen LogP contribution in [0.1, 0.15) is 6.92 Å². The van der Waals surface area contributed by atoms with E-state index in [9.17, 15) is 0 Å². The number of ether oxygens (including phenoxy) is 2. The molecule has 1 aromatic carbocycles. The first-order valence-corrected chi connectivity index (χ1v) is 6.44. The average molecular weight is 273 g/mol. The van der Waals surface area contributed by atoms with Crippen LogP contribution < -0.4 is 20.1 Å². The highest BCUT2D eigenvalue weighted by Crippen LogP contribution is 2.27. The summed E-state index contributed by atoms with van der Waals surface area (Å²) in [6.45, 7) is 2.39. The van der Waals surface area contributed by atoms with Crippen molar-refractivity contribution in [2.45, 2.75) is 6.92 Å². The smallest absolute Gasteiger partial charge is 0.240 e. The summed E-state index contributed by atoms with van der Waals surface area (Å²) in [6.07, 6.45) is 0. The molecule has 106 valence electrons. The molecule has 2 rings (SSSR count). The van der Waals surface area contributed by atoms with Crippen molar-refractivity contribution in [2.75, 3.05) is 31.3 Å². The van der Waals surface area contributed by atoms with Crippen LogP contribution in [-0.2, 0) is 0 Å². The molecule has 0 amide bonds. The average Bonchev–Trinajstić information content (AvgIpc) is 2.43. The quantitative estimate of drug-likeness (QED) is 0.907. The standard InChI is InChI=1S/C15H19N3O2/c1-4-19-15-13(16)8-9-14(17-15)20-12-7-5-6-11(10-12)18(2)3/h5-10H,4,16H2,1-3H3. The molecule has 0 aliphatic carbocycles. The van der Waals surface area contributed by atoms with Gasteiger partial charge in [-0.25, -0.2) is 0 Å². The first kappa shape index (κ1) is 14.0. The third-order valence-electron chi connectivity index (χ3n) is 2.70. The van der Waals surface area contributed by atoms with E-state index in [1.54, 1.807) is 12.1 Å². The van der Waals surface area contributed by atoms with Crippen molar-refractivity contribution in [3.63, 3.8) is 0 Å². The molecule has 0 saturated heterocycles. The highest BCUT2D eigenvalue weighted by atomic mass is 16.5. The molecule has 5 nitrogen and oxygen atoms in total. The van der Waals surface area contributed by atoms with Gasteiger partial charge in [-0.15, -0.1) is 0 Å². The topological polar surface area (TPSA) is 60.6 Å². The van der Waals surface area contributed by atoms with E-state index in [1.807, 2.05) is 50.2 Å². The summed E-state index contributed by atoms with van der Waals surface area (Å²) in [5, 5.41) is 0. The number of hydrogen-bond acceptors (Lipinski definition) is 5. The van der Waals surface area contributed by atoms with Crippen LogP contribution in [0.25, 0.3) is 0 Å². The lowest BCUT2D eigenvalue weighted by atomic mass is 10.3. The fourth-order valence-electron chi connectivity index (χ4n) is 1.69. The predicted octanol–water partition coefficient (Wildman–Crippen LogP) is 2.92. The van der Waals surface area contributed by atoms with E-state index in [4.69, 9.17) is 15.2 Å². The summed E-state index contributed by atoms with van der Waals surface area (Å²) in [5.41, 5.74) is 7.34. The van der Waals surface area contributed by atoms with Gasteiger partial charge in [0.25, 0.3) is 0 Å². The van der Waals surface area contributed by atoms with Crippen LogP contribution in [0.2, 0.25) is 0 Å². The number of pyridine rings is 1. The van der Waals surface area contributed by atoms with Gasteiger partial charge in [0, 0.05) is 31.9 Å². The zero-order chi connectivity index (χ0) is 14.5. The lowest BCUT2D eigenvalue weighted by Gasteiger charge is -2.14. The van der Waals surface area contributed by atoms with Crippen molar-refractivity contribution in [2.24, 2.45) is 0 Å². The molecule has 0 aliphatic heterocycles. The maximum atomic E-state index is 5.78. The van der Waals surface area contributed by atoms with Gasteiger partial charge in [0.1, 0.15) is 5.75 Å².